The summed E-state index contributed by atoms with van der Waals surface area (Å²) < 4.78 is 29.1. The van der Waals surface area contributed by atoms with Gasteiger partial charge in [-0.3, -0.25) is 4.72 Å². The number of sulfonamides is 1. The molecule has 0 saturated heterocycles. The Hall–Kier alpha value is -0.280. The Kier molecular flexibility index (Phi) is 5.25. The number of hydrogen-bond donors (Lipinski definition) is 2. The van der Waals surface area contributed by atoms with Crippen molar-refractivity contribution in [2.75, 3.05) is 10.5 Å². The van der Waals surface area contributed by atoms with Crippen LogP contribution in [0.1, 0.15) is 0 Å². The molecule has 0 aliphatic carbocycles. The van der Waals surface area contributed by atoms with Crippen molar-refractivity contribution in [3.05, 3.63) is 48.8 Å². The SMILES string of the molecule is Nc1cc(Cl)cc(S(=O)(=O)Nc2cc(Br)ccc2Br)c1Br. The van der Waals surface area contributed by atoms with Gasteiger partial charge in [-0.25, -0.2) is 8.42 Å². The Morgan fingerprint density at radius 2 is 1.76 bits per heavy atom. The third-order valence-electron chi connectivity index (χ3n) is 2.49. The molecule has 0 unspecified atom stereocenters. The molecule has 2 rings (SSSR count). The topological polar surface area (TPSA) is 72.2 Å². The zero-order valence-electron chi connectivity index (χ0n) is 10.2. The molecule has 9 heteroatoms. The third-order valence-corrected chi connectivity index (χ3v) is 6.43. The molecule has 0 bridgehead atoms. The van der Waals surface area contributed by atoms with Crippen molar-refractivity contribution in [3.8, 4) is 0 Å². The lowest BCUT2D eigenvalue weighted by Gasteiger charge is -2.13. The molecule has 0 aliphatic heterocycles. The molecule has 3 N–H and O–H groups in total. The van der Waals surface area contributed by atoms with Gasteiger partial charge in [-0.05, 0) is 62.2 Å². The van der Waals surface area contributed by atoms with E-state index in [0.717, 1.165) is 4.47 Å². The number of nitrogens with two attached hydrogens (primary N) is 1. The number of rotatable bonds is 3. The van der Waals surface area contributed by atoms with E-state index >= 15 is 0 Å². The Morgan fingerprint density at radius 3 is 2.43 bits per heavy atom. The van der Waals surface area contributed by atoms with Crippen molar-refractivity contribution in [2.45, 2.75) is 4.90 Å². The lowest BCUT2D eigenvalue weighted by atomic mass is 10.3. The molecule has 0 heterocycles. The largest absolute Gasteiger partial charge is 0.398 e. The Labute approximate surface area is 152 Å². The van der Waals surface area contributed by atoms with Gasteiger partial charge in [0.2, 0.25) is 0 Å². The number of anilines is 2. The summed E-state index contributed by atoms with van der Waals surface area (Å²) in [5, 5.41) is 0.240. The van der Waals surface area contributed by atoms with Gasteiger partial charge in [0, 0.05) is 19.7 Å². The molecule has 21 heavy (non-hydrogen) atoms. The second-order valence-corrected chi connectivity index (χ2v) is 8.69. The van der Waals surface area contributed by atoms with Crippen LogP contribution in [-0.2, 0) is 10.0 Å². The average molecular weight is 519 g/mol. The van der Waals surface area contributed by atoms with Gasteiger partial charge in [-0.1, -0.05) is 27.5 Å². The number of benzene rings is 2. The maximum absolute atomic E-state index is 12.5. The lowest BCUT2D eigenvalue weighted by Crippen LogP contribution is -2.14. The van der Waals surface area contributed by atoms with E-state index in [1.54, 1.807) is 18.2 Å². The molecule has 0 aliphatic rings. The predicted octanol–water partition coefficient (Wildman–Crippen LogP) is 5.01. The first-order valence-corrected chi connectivity index (χ1v) is 9.67. The van der Waals surface area contributed by atoms with E-state index in [9.17, 15) is 8.42 Å². The van der Waals surface area contributed by atoms with E-state index in [1.807, 2.05) is 0 Å². The fourth-order valence-corrected chi connectivity index (χ4v) is 4.76. The highest BCUT2D eigenvalue weighted by atomic mass is 79.9. The highest BCUT2D eigenvalue weighted by molar-refractivity contribution is 9.11. The maximum Gasteiger partial charge on any atom is 0.263 e. The first-order chi connectivity index (χ1) is 9.70. The van der Waals surface area contributed by atoms with E-state index < -0.39 is 10.0 Å². The van der Waals surface area contributed by atoms with Crippen molar-refractivity contribution in [2.24, 2.45) is 0 Å². The van der Waals surface area contributed by atoms with Crippen LogP contribution in [0.2, 0.25) is 5.02 Å². The van der Waals surface area contributed by atoms with Crippen molar-refractivity contribution in [3.63, 3.8) is 0 Å². The summed E-state index contributed by atoms with van der Waals surface area (Å²) in [5.74, 6) is 0. The first kappa shape index (κ1) is 17.1. The average Bonchev–Trinajstić information content (AvgIpc) is 2.37. The van der Waals surface area contributed by atoms with Crippen molar-refractivity contribution >= 4 is 80.8 Å². The van der Waals surface area contributed by atoms with Gasteiger partial charge in [0.15, 0.2) is 0 Å². The Morgan fingerprint density at radius 1 is 1.10 bits per heavy atom. The van der Waals surface area contributed by atoms with Crippen LogP contribution >= 0.6 is 59.4 Å². The molecule has 0 aromatic heterocycles. The molecule has 112 valence electrons. The summed E-state index contributed by atoms with van der Waals surface area (Å²) in [6, 6.07) is 7.96. The molecular formula is C12H8Br3ClN2O2S. The molecule has 0 amide bonds. The second-order valence-electron chi connectivity index (χ2n) is 4.04. The normalized spacial score (nSPS) is 11.4. The van der Waals surface area contributed by atoms with Gasteiger partial charge in [0.1, 0.15) is 4.90 Å². The molecule has 2 aromatic carbocycles. The highest BCUT2D eigenvalue weighted by Crippen LogP contribution is 2.34. The minimum atomic E-state index is -3.84. The Bertz CT molecular complexity index is 812. The summed E-state index contributed by atoms with van der Waals surface area (Å²) in [4.78, 5) is -0.0284. The minimum Gasteiger partial charge on any atom is -0.398 e. The zero-order chi connectivity index (χ0) is 15.8. The van der Waals surface area contributed by atoms with Gasteiger partial charge >= 0.3 is 0 Å². The van der Waals surface area contributed by atoms with Crippen LogP contribution in [-0.4, -0.2) is 8.42 Å². The van der Waals surface area contributed by atoms with Crippen LogP contribution in [0, 0.1) is 0 Å². The van der Waals surface area contributed by atoms with E-state index in [-0.39, 0.29) is 20.1 Å². The quantitative estimate of drug-likeness (QED) is 0.561. The standard InChI is InChI=1S/C12H8Br3ClN2O2S/c13-6-1-2-8(14)10(3-6)18-21(19,20)11-5-7(16)4-9(17)12(11)15/h1-5,18H,17H2. The summed E-state index contributed by atoms with van der Waals surface area (Å²) >= 11 is 15.6. The molecule has 0 saturated carbocycles. The van der Waals surface area contributed by atoms with Crippen LogP contribution in [0.4, 0.5) is 11.4 Å². The van der Waals surface area contributed by atoms with Crippen LogP contribution < -0.4 is 10.5 Å². The molecule has 0 atom stereocenters. The summed E-state index contributed by atoms with van der Waals surface area (Å²) in [5.41, 5.74) is 6.37. The smallest absolute Gasteiger partial charge is 0.263 e. The first-order valence-electron chi connectivity index (χ1n) is 5.43. The number of nitrogen functional groups attached to an aromatic ring is 1. The van der Waals surface area contributed by atoms with Gasteiger partial charge < -0.3 is 5.73 Å². The molecule has 0 fully saturated rings. The maximum atomic E-state index is 12.5. The fraction of sp³-hybridized carbons (Fsp3) is 0. The molecule has 4 nitrogen and oxygen atoms in total. The fourth-order valence-electron chi connectivity index (χ4n) is 1.56. The molecular weight excluding hydrogens is 511 g/mol. The molecule has 2 aromatic rings. The van der Waals surface area contributed by atoms with E-state index in [1.165, 1.54) is 12.1 Å². The van der Waals surface area contributed by atoms with Gasteiger partial charge in [-0.15, -0.1) is 0 Å². The molecule has 0 radical (unpaired) electrons. The monoisotopic (exact) mass is 516 g/mol. The molecule has 0 spiro atoms. The summed E-state index contributed by atoms with van der Waals surface area (Å²) in [7, 11) is -3.84. The van der Waals surface area contributed by atoms with Crippen LogP contribution in [0.25, 0.3) is 0 Å². The van der Waals surface area contributed by atoms with Crippen LogP contribution in [0.15, 0.2) is 48.6 Å². The van der Waals surface area contributed by atoms with Crippen LogP contribution in [0.3, 0.4) is 0 Å². The number of halogens is 4. The van der Waals surface area contributed by atoms with E-state index in [0.29, 0.717) is 10.2 Å². The summed E-state index contributed by atoms with van der Waals surface area (Å²) in [6.07, 6.45) is 0. The highest BCUT2D eigenvalue weighted by Gasteiger charge is 2.21. The number of nitrogens with one attached hydrogen (secondary N) is 1. The van der Waals surface area contributed by atoms with Crippen LogP contribution in [0.5, 0.6) is 0 Å². The van der Waals surface area contributed by atoms with Crippen molar-refractivity contribution in [1.29, 1.82) is 0 Å². The van der Waals surface area contributed by atoms with Gasteiger partial charge in [0.05, 0.1) is 10.2 Å². The third kappa shape index (κ3) is 3.92. The minimum absolute atomic E-state index is 0.0284. The van der Waals surface area contributed by atoms with E-state index in [4.69, 9.17) is 17.3 Å². The summed E-state index contributed by atoms with van der Waals surface area (Å²) in [6.45, 7) is 0. The lowest BCUT2D eigenvalue weighted by molar-refractivity contribution is 0.601. The van der Waals surface area contributed by atoms with Crippen molar-refractivity contribution < 1.29 is 8.42 Å². The van der Waals surface area contributed by atoms with Gasteiger partial charge in [-0.2, -0.15) is 0 Å². The van der Waals surface area contributed by atoms with E-state index in [2.05, 4.69) is 52.5 Å². The Balaban J connectivity index is 2.51. The second kappa shape index (κ2) is 6.45. The predicted molar refractivity (Wildman–Crippen MR) is 96.2 cm³/mol. The van der Waals surface area contributed by atoms with Crippen molar-refractivity contribution in [1.82, 2.24) is 0 Å². The van der Waals surface area contributed by atoms with Gasteiger partial charge in [0.25, 0.3) is 10.0 Å². The zero-order valence-corrected chi connectivity index (χ0v) is 16.5. The number of hydrogen-bond acceptors (Lipinski definition) is 3.